The van der Waals surface area contributed by atoms with Crippen LogP contribution >= 0.6 is 0 Å². The van der Waals surface area contributed by atoms with Crippen LogP contribution in [0.3, 0.4) is 0 Å². The standard InChI is InChI=1S/C19H19F2N3O2/c1-19(20,21)13-6-4-12(5-7-13)18(25)22-10-14-16(26-3)9-8-15-17(14)24(2)11-23-15/h4-9,11H,10H2,1-3H3,(H,22,25). The third-order valence-electron chi connectivity index (χ3n) is 4.24. The highest BCUT2D eigenvalue weighted by atomic mass is 19.3. The lowest BCUT2D eigenvalue weighted by Crippen LogP contribution is -2.23. The Morgan fingerprint density at radius 1 is 1.23 bits per heavy atom. The molecule has 1 N–H and O–H groups in total. The molecule has 0 fully saturated rings. The van der Waals surface area contributed by atoms with E-state index in [-0.39, 0.29) is 18.0 Å². The Labute approximate surface area is 149 Å². The van der Waals surface area contributed by atoms with Crippen molar-refractivity contribution in [3.8, 4) is 5.75 Å². The Bertz CT molecular complexity index is 944. The molecule has 0 atom stereocenters. The minimum Gasteiger partial charge on any atom is -0.496 e. The first-order chi connectivity index (χ1) is 12.3. The molecule has 0 saturated carbocycles. The Kier molecular flexibility index (Phi) is 4.63. The number of methoxy groups -OCH3 is 1. The number of hydrogen-bond acceptors (Lipinski definition) is 3. The highest BCUT2D eigenvalue weighted by Gasteiger charge is 2.24. The number of hydrogen-bond donors (Lipinski definition) is 1. The Morgan fingerprint density at radius 2 is 1.92 bits per heavy atom. The maximum atomic E-state index is 13.3. The van der Waals surface area contributed by atoms with Gasteiger partial charge in [-0.05, 0) is 24.3 Å². The molecule has 1 amide bonds. The molecule has 3 aromatic rings. The molecule has 3 rings (SSSR count). The fourth-order valence-corrected chi connectivity index (χ4v) is 2.86. The smallest absolute Gasteiger partial charge is 0.270 e. The largest absolute Gasteiger partial charge is 0.496 e. The number of fused-ring (bicyclic) bond motifs is 1. The number of amides is 1. The number of aryl methyl sites for hydroxylation is 1. The van der Waals surface area contributed by atoms with Crippen molar-refractivity contribution in [3.05, 3.63) is 59.4 Å². The van der Waals surface area contributed by atoms with E-state index in [1.165, 1.54) is 24.3 Å². The summed E-state index contributed by atoms with van der Waals surface area (Å²) in [7, 11) is 3.43. The third-order valence-corrected chi connectivity index (χ3v) is 4.24. The van der Waals surface area contributed by atoms with E-state index in [9.17, 15) is 13.6 Å². The molecule has 0 saturated heterocycles. The normalized spacial score (nSPS) is 11.6. The topological polar surface area (TPSA) is 56.1 Å². The summed E-state index contributed by atoms with van der Waals surface area (Å²) in [5.74, 6) is -2.64. The molecule has 136 valence electrons. The zero-order valence-corrected chi connectivity index (χ0v) is 14.7. The molecule has 0 spiro atoms. The number of halogens is 2. The highest BCUT2D eigenvalue weighted by molar-refractivity contribution is 5.94. The number of aromatic nitrogens is 2. The molecule has 0 aliphatic rings. The van der Waals surface area contributed by atoms with Gasteiger partial charge in [-0.15, -0.1) is 0 Å². The maximum absolute atomic E-state index is 13.3. The van der Waals surface area contributed by atoms with Crippen LogP contribution in [0.2, 0.25) is 0 Å². The summed E-state index contributed by atoms with van der Waals surface area (Å²) in [4.78, 5) is 16.7. The van der Waals surface area contributed by atoms with E-state index in [0.717, 1.165) is 23.5 Å². The Morgan fingerprint density at radius 3 is 2.54 bits per heavy atom. The first-order valence-electron chi connectivity index (χ1n) is 8.04. The van der Waals surface area contributed by atoms with Crippen LogP contribution in [0.25, 0.3) is 11.0 Å². The highest BCUT2D eigenvalue weighted by Crippen LogP contribution is 2.28. The molecule has 0 aliphatic carbocycles. The number of nitrogens with one attached hydrogen (secondary N) is 1. The van der Waals surface area contributed by atoms with Gasteiger partial charge in [-0.3, -0.25) is 4.79 Å². The van der Waals surface area contributed by atoms with Gasteiger partial charge in [0.05, 0.1) is 24.5 Å². The van der Waals surface area contributed by atoms with Gasteiger partial charge in [-0.1, -0.05) is 12.1 Å². The number of rotatable bonds is 5. The Hall–Kier alpha value is -2.96. The van der Waals surface area contributed by atoms with Crippen LogP contribution in [0.15, 0.2) is 42.7 Å². The summed E-state index contributed by atoms with van der Waals surface area (Å²) in [6, 6.07) is 8.96. The van der Waals surface area contributed by atoms with Gasteiger partial charge in [0.2, 0.25) is 0 Å². The quantitative estimate of drug-likeness (QED) is 0.757. The van der Waals surface area contributed by atoms with Gasteiger partial charge in [0.15, 0.2) is 0 Å². The molecule has 1 aromatic heterocycles. The number of alkyl halides is 2. The van der Waals surface area contributed by atoms with E-state index >= 15 is 0 Å². The number of nitrogens with zero attached hydrogens (tertiary/aromatic N) is 2. The van der Waals surface area contributed by atoms with Gasteiger partial charge in [-0.25, -0.2) is 13.8 Å². The van der Waals surface area contributed by atoms with Crippen LogP contribution < -0.4 is 10.1 Å². The lowest BCUT2D eigenvalue weighted by molar-refractivity contribution is 0.0174. The number of imidazole rings is 1. The monoisotopic (exact) mass is 359 g/mol. The lowest BCUT2D eigenvalue weighted by Gasteiger charge is -2.13. The van der Waals surface area contributed by atoms with Crippen molar-refractivity contribution < 1.29 is 18.3 Å². The molecule has 26 heavy (non-hydrogen) atoms. The van der Waals surface area contributed by atoms with Crippen molar-refractivity contribution in [2.24, 2.45) is 7.05 Å². The second-order valence-electron chi connectivity index (χ2n) is 6.12. The summed E-state index contributed by atoms with van der Waals surface area (Å²) in [6.07, 6.45) is 1.69. The van der Waals surface area contributed by atoms with E-state index in [1.54, 1.807) is 19.5 Å². The van der Waals surface area contributed by atoms with Crippen molar-refractivity contribution >= 4 is 16.9 Å². The van der Waals surface area contributed by atoms with Gasteiger partial charge < -0.3 is 14.6 Å². The number of benzene rings is 2. The summed E-state index contributed by atoms with van der Waals surface area (Å²) in [5.41, 5.74) is 2.65. The van der Waals surface area contributed by atoms with Crippen LogP contribution in [0, 0.1) is 0 Å². The van der Waals surface area contributed by atoms with Crippen LogP contribution in [-0.2, 0) is 19.5 Å². The minimum absolute atomic E-state index is 0.129. The zero-order valence-electron chi connectivity index (χ0n) is 14.7. The van der Waals surface area contributed by atoms with E-state index in [2.05, 4.69) is 10.3 Å². The summed E-state index contributed by atoms with van der Waals surface area (Å²) >= 11 is 0. The SMILES string of the molecule is COc1ccc2ncn(C)c2c1CNC(=O)c1ccc(C(C)(F)F)cc1. The van der Waals surface area contributed by atoms with Gasteiger partial charge in [0, 0.05) is 37.2 Å². The molecule has 7 heteroatoms. The lowest BCUT2D eigenvalue weighted by atomic mass is 10.1. The van der Waals surface area contributed by atoms with E-state index in [1.807, 2.05) is 17.7 Å². The maximum Gasteiger partial charge on any atom is 0.270 e. The van der Waals surface area contributed by atoms with Gasteiger partial charge in [0.25, 0.3) is 11.8 Å². The summed E-state index contributed by atoms with van der Waals surface area (Å²) < 4.78 is 33.8. The van der Waals surface area contributed by atoms with Crippen LogP contribution in [-0.4, -0.2) is 22.6 Å². The first kappa shape index (κ1) is 17.8. The first-order valence-corrected chi connectivity index (χ1v) is 8.04. The molecule has 0 bridgehead atoms. The van der Waals surface area contributed by atoms with Crippen LogP contribution in [0.5, 0.6) is 5.75 Å². The van der Waals surface area contributed by atoms with Crippen molar-refractivity contribution in [3.63, 3.8) is 0 Å². The molecule has 1 heterocycles. The van der Waals surface area contributed by atoms with Gasteiger partial charge >= 0.3 is 0 Å². The van der Waals surface area contributed by atoms with Crippen molar-refractivity contribution in [2.45, 2.75) is 19.4 Å². The van der Waals surface area contributed by atoms with E-state index in [0.29, 0.717) is 11.3 Å². The number of carbonyl (C=O) groups excluding carboxylic acids is 1. The molecule has 0 unspecified atom stereocenters. The number of carbonyl (C=O) groups is 1. The van der Waals surface area contributed by atoms with Crippen molar-refractivity contribution in [2.75, 3.05) is 7.11 Å². The van der Waals surface area contributed by atoms with Gasteiger partial charge in [0.1, 0.15) is 5.75 Å². The third kappa shape index (κ3) is 3.37. The van der Waals surface area contributed by atoms with E-state index in [4.69, 9.17) is 4.74 Å². The predicted molar refractivity (Wildman–Crippen MR) is 94.4 cm³/mol. The van der Waals surface area contributed by atoms with Crippen LogP contribution in [0.4, 0.5) is 8.78 Å². The fraction of sp³-hybridized carbons (Fsp3) is 0.263. The average molecular weight is 359 g/mol. The Balaban J connectivity index is 1.82. The average Bonchev–Trinajstić information content (AvgIpc) is 3.00. The molecule has 2 aromatic carbocycles. The molecule has 0 radical (unpaired) electrons. The summed E-state index contributed by atoms with van der Waals surface area (Å²) in [6.45, 7) is 1.05. The second kappa shape index (κ2) is 6.74. The van der Waals surface area contributed by atoms with Crippen molar-refractivity contribution in [1.29, 1.82) is 0 Å². The molecule has 5 nitrogen and oxygen atoms in total. The summed E-state index contributed by atoms with van der Waals surface area (Å²) in [5, 5.41) is 2.81. The second-order valence-corrected chi connectivity index (χ2v) is 6.12. The van der Waals surface area contributed by atoms with Gasteiger partial charge in [-0.2, -0.15) is 0 Å². The van der Waals surface area contributed by atoms with Crippen LogP contribution in [0.1, 0.15) is 28.4 Å². The number of ether oxygens (including phenoxy) is 1. The van der Waals surface area contributed by atoms with Crippen molar-refractivity contribution in [1.82, 2.24) is 14.9 Å². The zero-order chi connectivity index (χ0) is 18.9. The molecule has 0 aliphatic heterocycles. The van der Waals surface area contributed by atoms with E-state index < -0.39 is 5.92 Å². The predicted octanol–water partition coefficient (Wildman–Crippen LogP) is 3.62. The fourth-order valence-electron chi connectivity index (χ4n) is 2.86. The molecular formula is C19H19F2N3O2. The minimum atomic E-state index is -2.93. The molecular weight excluding hydrogens is 340 g/mol.